The average Bonchev–Trinajstić information content (AvgIpc) is 2.40. The van der Waals surface area contributed by atoms with E-state index in [1.54, 1.807) is 12.4 Å². The molecule has 0 spiro atoms. The van der Waals surface area contributed by atoms with E-state index >= 15 is 0 Å². The summed E-state index contributed by atoms with van der Waals surface area (Å²) in [5, 5.41) is 0. The van der Waals surface area contributed by atoms with Crippen molar-refractivity contribution in [1.82, 2.24) is 19.9 Å². The van der Waals surface area contributed by atoms with E-state index in [-0.39, 0.29) is 5.95 Å². The molecule has 0 aliphatic carbocycles. The second kappa shape index (κ2) is 5.60. The standard InChI is InChI=1S/C13H18N6/c1-4-19(5-2)13-17-11(16-12(14)18-13)10-8-15-7-6-9(10)3/h6-8H,4-5H2,1-3H3,(H2,14,16,17,18). The Bertz CT molecular complexity index is 565. The Balaban J connectivity index is 2.51. The summed E-state index contributed by atoms with van der Waals surface area (Å²) >= 11 is 0. The number of aryl methyl sites for hydroxylation is 1. The summed E-state index contributed by atoms with van der Waals surface area (Å²) in [7, 11) is 0. The largest absolute Gasteiger partial charge is 0.368 e. The van der Waals surface area contributed by atoms with E-state index in [9.17, 15) is 0 Å². The van der Waals surface area contributed by atoms with Crippen molar-refractivity contribution in [3.8, 4) is 11.4 Å². The van der Waals surface area contributed by atoms with Gasteiger partial charge in [0.1, 0.15) is 0 Å². The van der Waals surface area contributed by atoms with Crippen molar-refractivity contribution in [1.29, 1.82) is 0 Å². The quantitative estimate of drug-likeness (QED) is 0.898. The van der Waals surface area contributed by atoms with Gasteiger partial charge in [0.2, 0.25) is 11.9 Å². The minimum Gasteiger partial charge on any atom is -0.368 e. The van der Waals surface area contributed by atoms with Gasteiger partial charge in [-0.3, -0.25) is 4.98 Å². The van der Waals surface area contributed by atoms with Crippen molar-refractivity contribution >= 4 is 11.9 Å². The SMILES string of the molecule is CCN(CC)c1nc(N)nc(-c2cnccc2C)n1. The Hall–Kier alpha value is -2.24. The monoisotopic (exact) mass is 258 g/mol. The van der Waals surface area contributed by atoms with E-state index in [1.807, 2.05) is 17.9 Å². The van der Waals surface area contributed by atoms with Crippen LogP contribution in [0.1, 0.15) is 19.4 Å². The summed E-state index contributed by atoms with van der Waals surface area (Å²) in [5.74, 6) is 1.41. The van der Waals surface area contributed by atoms with Gasteiger partial charge in [-0.05, 0) is 32.4 Å². The molecule has 0 aliphatic heterocycles. The van der Waals surface area contributed by atoms with E-state index in [0.29, 0.717) is 11.8 Å². The van der Waals surface area contributed by atoms with Crippen molar-refractivity contribution in [2.45, 2.75) is 20.8 Å². The maximum Gasteiger partial charge on any atom is 0.230 e. The molecule has 0 radical (unpaired) electrons. The first-order chi connectivity index (χ1) is 9.15. The van der Waals surface area contributed by atoms with Crippen molar-refractivity contribution in [2.75, 3.05) is 23.7 Å². The maximum absolute atomic E-state index is 5.78. The van der Waals surface area contributed by atoms with Crippen LogP contribution in [0.15, 0.2) is 18.5 Å². The molecule has 0 unspecified atom stereocenters. The number of nitrogens with zero attached hydrogens (tertiary/aromatic N) is 5. The van der Waals surface area contributed by atoms with Gasteiger partial charge in [0.25, 0.3) is 0 Å². The predicted molar refractivity (Wildman–Crippen MR) is 75.8 cm³/mol. The fourth-order valence-corrected chi connectivity index (χ4v) is 1.85. The smallest absolute Gasteiger partial charge is 0.230 e. The molecular weight excluding hydrogens is 240 g/mol. The molecule has 0 amide bonds. The fraction of sp³-hybridized carbons (Fsp3) is 0.385. The number of hydrogen-bond acceptors (Lipinski definition) is 6. The molecular formula is C13H18N6. The van der Waals surface area contributed by atoms with E-state index < -0.39 is 0 Å². The van der Waals surface area contributed by atoms with Crippen LogP contribution in [-0.2, 0) is 0 Å². The van der Waals surface area contributed by atoms with Crippen molar-refractivity contribution in [2.24, 2.45) is 0 Å². The van der Waals surface area contributed by atoms with Crippen molar-refractivity contribution in [3.05, 3.63) is 24.0 Å². The summed E-state index contributed by atoms with van der Waals surface area (Å²) in [6.45, 7) is 7.75. The van der Waals surface area contributed by atoms with E-state index in [0.717, 1.165) is 24.2 Å². The lowest BCUT2D eigenvalue weighted by Gasteiger charge is -2.19. The normalized spacial score (nSPS) is 10.5. The van der Waals surface area contributed by atoms with Crippen molar-refractivity contribution in [3.63, 3.8) is 0 Å². The number of anilines is 2. The van der Waals surface area contributed by atoms with Crippen LogP contribution >= 0.6 is 0 Å². The van der Waals surface area contributed by atoms with Crippen LogP contribution in [0.3, 0.4) is 0 Å². The Morgan fingerprint density at radius 2 is 1.89 bits per heavy atom. The first-order valence-corrected chi connectivity index (χ1v) is 6.33. The van der Waals surface area contributed by atoms with Gasteiger partial charge in [0.15, 0.2) is 5.82 Å². The molecule has 0 bridgehead atoms. The first-order valence-electron chi connectivity index (χ1n) is 6.33. The Morgan fingerprint density at radius 3 is 2.53 bits per heavy atom. The molecule has 2 aromatic heterocycles. The highest BCUT2D eigenvalue weighted by Gasteiger charge is 2.12. The molecule has 19 heavy (non-hydrogen) atoms. The molecule has 2 heterocycles. The molecule has 6 heteroatoms. The van der Waals surface area contributed by atoms with Gasteiger partial charge in [0.05, 0.1) is 0 Å². The van der Waals surface area contributed by atoms with Gasteiger partial charge in [-0.15, -0.1) is 0 Å². The number of pyridine rings is 1. The molecule has 0 saturated carbocycles. The molecule has 2 N–H and O–H groups in total. The summed E-state index contributed by atoms with van der Waals surface area (Å²) in [6.07, 6.45) is 3.49. The molecule has 0 saturated heterocycles. The van der Waals surface area contributed by atoms with Crippen LogP contribution in [0.5, 0.6) is 0 Å². The number of hydrogen-bond donors (Lipinski definition) is 1. The third-order valence-corrected chi connectivity index (χ3v) is 2.97. The van der Waals surface area contributed by atoms with Gasteiger partial charge in [-0.1, -0.05) is 0 Å². The third-order valence-electron chi connectivity index (χ3n) is 2.97. The highest BCUT2D eigenvalue weighted by Crippen LogP contribution is 2.20. The summed E-state index contributed by atoms with van der Waals surface area (Å²) in [5.41, 5.74) is 7.73. The second-order valence-corrected chi connectivity index (χ2v) is 4.18. The number of nitrogen functional groups attached to an aromatic ring is 1. The molecule has 0 aliphatic rings. The second-order valence-electron chi connectivity index (χ2n) is 4.18. The van der Waals surface area contributed by atoms with E-state index in [4.69, 9.17) is 5.73 Å². The number of aromatic nitrogens is 4. The lowest BCUT2D eigenvalue weighted by molar-refractivity contribution is 0.816. The van der Waals surface area contributed by atoms with E-state index in [1.165, 1.54) is 0 Å². The van der Waals surface area contributed by atoms with Crippen molar-refractivity contribution < 1.29 is 0 Å². The molecule has 100 valence electrons. The van der Waals surface area contributed by atoms with Crippen LogP contribution in [0, 0.1) is 6.92 Å². The Morgan fingerprint density at radius 1 is 1.16 bits per heavy atom. The zero-order valence-electron chi connectivity index (χ0n) is 11.5. The number of nitrogens with two attached hydrogens (primary N) is 1. The van der Waals surface area contributed by atoms with Crippen LogP contribution < -0.4 is 10.6 Å². The predicted octanol–water partition coefficient (Wildman–Crippen LogP) is 1.67. The van der Waals surface area contributed by atoms with E-state index in [2.05, 4.69) is 33.8 Å². The Kier molecular flexibility index (Phi) is 3.89. The average molecular weight is 258 g/mol. The van der Waals surface area contributed by atoms with Gasteiger partial charge in [-0.25, -0.2) is 0 Å². The van der Waals surface area contributed by atoms with Crippen LogP contribution in [0.4, 0.5) is 11.9 Å². The highest BCUT2D eigenvalue weighted by atomic mass is 15.3. The molecule has 6 nitrogen and oxygen atoms in total. The minimum absolute atomic E-state index is 0.232. The van der Waals surface area contributed by atoms with Gasteiger partial charge < -0.3 is 10.6 Å². The summed E-state index contributed by atoms with van der Waals surface area (Å²) in [4.78, 5) is 19.0. The molecule has 0 atom stereocenters. The Labute approximate surface area is 112 Å². The summed E-state index contributed by atoms with van der Waals surface area (Å²) < 4.78 is 0. The first kappa shape index (κ1) is 13.2. The lowest BCUT2D eigenvalue weighted by atomic mass is 10.1. The van der Waals surface area contributed by atoms with Crippen LogP contribution in [-0.4, -0.2) is 33.0 Å². The zero-order chi connectivity index (χ0) is 13.8. The minimum atomic E-state index is 0.232. The molecule has 0 aromatic carbocycles. The van der Waals surface area contributed by atoms with Crippen LogP contribution in [0.2, 0.25) is 0 Å². The van der Waals surface area contributed by atoms with Gasteiger partial charge in [0, 0.05) is 31.0 Å². The van der Waals surface area contributed by atoms with Crippen LogP contribution in [0.25, 0.3) is 11.4 Å². The fourth-order valence-electron chi connectivity index (χ4n) is 1.85. The number of rotatable bonds is 4. The summed E-state index contributed by atoms with van der Waals surface area (Å²) in [6, 6.07) is 1.92. The lowest BCUT2D eigenvalue weighted by Crippen LogP contribution is -2.25. The third kappa shape index (κ3) is 2.78. The van der Waals surface area contributed by atoms with Gasteiger partial charge >= 0.3 is 0 Å². The molecule has 2 rings (SSSR count). The highest BCUT2D eigenvalue weighted by molar-refractivity contribution is 5.60. The molecule has 0 fully saturated rings. The topological polar surface area (TPSA) is 80.8 Å². The molecule has 2 aromatic rings. The maximum atomic E-state index is 5.78. The zero-order valence-corrected chi connectivity index (χ0v) is 11.5. The van der Waals surface area contributed by atoms with Gasteiger partial charge in [-0.2, -0.15) is 15.0 Å².